The van der Waals surface area contributed by atoms with Crippen molar-refractivity contribution in [2.75, 3.05) is 26.8 Å². The minimum atomic E-state index is -0.146. The lowest BCUT2D eigenvalue weighted by Gasteiger charge is -2.11. The quantitative estimate of drug-likeness (QED) is 0.142. The van der Waals surface area contributed by atoms with E-state index in [0.717, 1.165) is 72.9 Å². The third-order valence-electron chi connectivity index (χ3n) is 7.87. The number of benzene rings is 2. The van der Waals surface area contributed by atoms with E-state index in [1.165, 1.54) is 36.1 Å². The summed E-state index contributed by atoms with van der Waals surface area (Å²) < 4.78 is 29.8. The van der Waals surface area contributed by atoms with Crippen molar-refractivity contribution in [1.29, 1.82) is 0 Å². The standard InChI is InChI=1S/C30H38N4O2.C8H9F.CH3F/c1-3-5-6-17-34-18-13-26-27(30-33-16-19-36-30)20-25(21-28(26)34)29(35)32-15-8-14-31-22-24-10-7-9-23(4-2)11-12-24;1-6-3-7(2)5-8(9)4-6;1-2/h7,9-10,12-13,16,18-21,31H,3-6,8,11,14-15,17,22H2,1-2H3,(H,32,35);3-5H,1-2H3;1H3. The van der Waals surface area contributed by atoms with Gasteiger partial charge in [0.25, 0.3) is 5.91 Å². The van der Waals surface area contributed by atoms with Crippen molar-refractivity contribution in [3.05, 3.63) is 113 Å². The van der Waals surface area contributed by atoms with Gasteiger partial charge in [0.2, 0.25) is 5.89 Å². The molecule has 1 amide bonds. The molecule has 0 saturated heterocycles. The molecule has 8 heteroatoms. The Bertz CT molecular complexity index is 1580. The van der Waals surface area contributed by atoms with Crippen LogP contribution in [0.25, 0.3) is 22.4 Å². The largest absolute Gasteiger partial charge is 0.445 e. The predicted octanol–water partition coefficient (Wildman–Crippen LogP) is 9.45. The van der Waals surface area contributed by atoms with E-state index in [-0.39, 0.29) is 11.7 Å². The highest BCUT2D eigenvalue weighted by Gasteiger charge is 2.16. The van der Waals surface area contributed by atoms with E-state index in [4.69, 9.17) is 4.42 Å². The Morgan fingerprint density at radius 1 is 1.02 bits per heavy atom. The second-order valence-corrected chi connectivity index (χ2v) is 11.6. The van der Waals surface area contributed by atoms with Gasteiger partial charge in [-0.3, -0.25) is 9.18 Å². The van der Waals surface area contributed by atoms with Gasteiger partial charge in [0.15, 0.2) is 0 Å². The van der Waals surface area contributed by atoms with Crippen LogP contribution < -0.4 is 10.6 Å². The van der Waals surface area contributed by atoms with Crippen LogP contribution in [0.2, 0.25) is 0 Å². The number of aromatic nitrogens is 2. The lowest BCUT2D eigenvalue weighted by Crippen LogP contribution is -2.28. The Balaban J connectivity index is 0.000000466. The first-order valence-electron chi connectivity index (χ1n) is 16.6. The van der Waals surface area contributed by atoms with Crippen LogP contribution in [0, 0.1) is 19.7 Å². The average molecular weight is 645 g/mol. The molecule has 0 fully saturated rings. The zero-order chi connectivity index (χ0) is 34.0. The maximum absolute atomic E-state index is 13.1. The van der Waals surface area contributed by atoms with Gasteiger partial charge in [0.05, 0.1) is 13.4 Å². The summed E-state index contributed by atoms with van der Waals surface area (Å²) in [6.45, 7) is 11.4. The molecule has 0 aliphatic heterocycles. The van der Waals surface area contributed by atoms with E-state index >= 15 is 0 Å². The van der Waals surface area contributed by atoms with Gasteiger partial charge in [0, 0.05) is 47.9 Å². The first-order valence-corrected chi connectivity index (χ1v) is 16.6. The second kappa shape index (κ2) is 20.0. The SMILES string of the molecule is CCCCCn1ccc2c(-c3ncco3)cc(C(=O)NCCCNCC3=CCC(CC)=CC=C3)cc21.CF.Cc1cc(C)cc(F)c1. The Hall–Kier alpha value is -4.30. The summed E-state index contributed by atoms with van der Waals surface area (Å²) in [5, 5.41) is 7.63. The van der Waals surface area contributed by atoms with Crippen LogP contribution >= 0.6 is 0 Å². The van der Waals surface area contributed by atoms with Gasteiger partial charge in [-0.25, -0.2) is 9.37 Å². The maximum Gasteiger partial charge on any atom is 0.251 e. The van der Waals surface area contributed by atoms with Gasteiger partial charge < -0.3 is 19.6 Å². The van der Waals surface area contributed by atoms with Crippen LogP contribution in [0.15, 0.2) is 94.9 Å². The highest BCUT2D eigenvalue weighted by Crippen LogP contribution is 2.30. The number of allylic oxidation sites excluding steroid dienone is 4. The number of aryl methyl sites for hydroxylation is 3. The molecular formula is C39H50F2N4O2. The molecule has 1 aliphatic rings. The van der Waals surface area contributed by atoms with Crippen LogP contribution in [-0.4, -0.2) is 42.3 Å². The summed E-state index contributed by atoms with van der Waals surface area (Å²) in [5.74, 6) is 0.319. The molecular weight excluding hydrogens is 594 g/mol. The monoisotopic (exact) mass is 644 g/mol. The molecule has 0 radical (unpaired) electrons. The first-order chi connectivity index (χ1) is 22.9. The van der Waals surface area contributed by atoms with Crippen molar-refractivity contribution in [3.63, 3.8) is 0 Å². The first kappa shape index (κ1) is 37.2. The molecule has 2 aromatic carbocycles. The number of hydrogen-bond donors (Lipinski definition) is 2. The van der Waals surface area contributed by atoms with Crippen molar-refractivity contribution >= 4 is 16.8 Å². The van der Waals surface area contributed by atoms with Crippen molar-refractivity contribution < 1.29 is 18.0 Å². The number of rotatable bonds is 13. The second-order valence-electron chi connectivity index (χ2n) is 11.6. The van der Waals surface area contributed by atoms with E-state index in [2.05, 4.69) is 70.6 Å². The molecule has 2 N–H and O–H groups in total. The molecule has 0 spiro atoms. The van der Waals surface area contributed by atoms with E-state index in [1.54, 1.807) is 12.5 Å². The number of fused-ring (bicyclic) bond motifs is 1. The number of oxazole rings is 1. The van der Waals surface area contributed by atoms with Gasteiger partial charge in [-0.05, 0) is 93.1 Å². The number of hydrogen-bond acceptors (Lipinski definition) is 4. The molecule has 0 atom stereocenters. The number of halogens is 2. The van der Waals surface area contributed by atoms with Crippen LogP contribution in [-0.2, 0) is 6.54 Å². The van der Waals surface area contributed by atoms with Gasteiger partial charge >= 0.3 is 0 Å². The smallest absolute Gasteiger partial charge is 0.251 e. The number of carbonyl (C=O) groups excluding carboxylic acids is 1. The molecule has 1 aliphatic carbocycles. The number of nitrogens with zero attached hydrogens (tertiary/aromatic N) is 2. The van der Waals surface area contributed by atoms with Gasteiger partial charge in [-0.15, -0.1) is 0 Å². The van der Waals surface area contributed by atoms with Crippen LogP contribution in [0.5, 0.6) is 0 Å². The van der Waals surface area contributed by atoms with Crippen molar-refractivity contribution in [2.45, 2.75) is 72.8 Å². The van der Waals surface area contributed by atoms with Gasteiger partial charge in [-0.2, -0.15) is 0 Å². The zero-order valence-electron chi connectivity index (χ0n) is 28.5. The van der Waals surface area contributed by atoms with Crippen LogP contribution in [0.4, 0.5) is 8.78 Å². The molecule has 252 valence electrons. The summed E-state index contributed by atoms with van der Waals surface area (Å²) in [6.07, 6.45) is 20.6. The molecule has 4 aromatic rings. The molecule has 0 saturated carbocycles. The number of nitrogens with one attached hydrogen (secondary N) is 2. The summed E-state index contributed by atoms with van der Waals surface area (Å²) in [4.78, 5) is 17.4. The summed E-state index contributed by atoms with van der Waals surface area (Å²) in [5.41, 5.74) is 7.25. The van der Waals surface area contributed by atoms with E-state index in [9.17, 15) is 13.6 Å². The van der Waals surface area contributed by atoms with Crippen molar-refractivity contribution in [3.8, 4) is 11.5 Å². The van der Waals surface area contributed by atoms with Crippen LogP contribution in [0.3, 0.4) is 0 Å². The molecule has 2 aromatic heterocycles. The number of carbonyl (C=O) groups is 1. The third-order valence-corrected chi connectivity index (χ3v) is 7.87. The zero-order valence-corrected chi connectivity index (χ0v) is 28.5. The topological polar surface area (TPSA) is 72.1 Å². The molecule has 47 heavy (non-hydrogen) atoms. The number of alkyl halides is 1. The molecule has 0 unspecified atom stereocenters. The molecule has 5 rings (SSSR count). The fourth-order valence-corrected chi connectivity index (χ4v) is 5.46. The van der Waals surface area contributed by atoms with Gasteiger partial charge in [0.1, 0.15) is 12.1 Å². The Kier molecular flexibility index (Phi) is 15.9. The highest BCUT2D eigenvalue weighted by molar-refractivity contribution is 6.03. The van der Waals surface area contributed by atoms with E-state index < -0.39 is 0 Å². The molecule has 6 nitrogen and oxygen atoms in total. The normalized spacial score (nSPS) is 12.3. The summed E-state index contributed by atoms with van der Waals surface area (Å²) >= 11 is 0. The summed E-state index contributed by atoms with van der Waals surface area (Å²) in [7, 11) is 0.500. The Labute approximate surface area is 278 Å². The van der Waals surface area contributed by atoms with Crippen molar-refractivity contribution in [2.24, 2.45) is 0 Å². The fourth-order valence-electron chi connectivity index (χ4n) is 5.46. The molecule has 0 bridgehead atoms. The number of amides is 1. The lowest BCUT2D eigenvalue weighted by molar-refractivity contribution is 0.0953. The minimum Gasteiger partial charge on any atom is -0.445 e. The van der Waals surface area contributed by atoms with Crippen LogP contribution in [0.1, 0.15) is 73.9 Å². The Morgan fingerprint density at radius 3 is 2.49 bits per heavy atom. The lowest BCUT2D eigenvalue weighted by atomic mass is 10.0. The van der Waals surface area contributed by atoms with Gasteiger partial charge in [-0.1, -0.05) is 62.6 Å². The molecule has 2 heterocycles. The highest BCUT2D eigenvalue weighted by atomic mass is 19.1. The fraction of sp³-hybridized carbons (Fsp3) is 0.385. The average Bonchev–Trinajstić information content (AvgIpc) is 3.69. The van der Waals surface area contributed by atoms with E-state index in [1.807, 2.05) is 32.0 Å². The maximum atomic E-state index is 13.1. The third kappa shape index (κ3) is 11.8. The van der Waals surface area contributed by atoms with Crippen molar-refractivity contribution in [1.82, 2.24) is 20.2 Å². The van der Waals surface area contributed by atoms with E-state index in [0.29, 0.717) is 25.2 Å². The summed E-state index contributed by atoms with van der Waals surface area (Å²) in [6, 6.07) is 11.0. The Morgan fingerprint density at radius 2 is 1.81 bits per heavy atom. The minimum absolute atomic E-state index is 0.0707. The predicted molar refractivity (Wildman–Crippen MR) is 190 cm³/mol. The number of unbranched alkanes of at least 4 members (excludes halogenated alkanes) is 2.